The van der Waals surface area contributed by atoms with Crippen molar-refractivity contribution in [3.63, 3.8) is 0 Å². The highest BCUT2D eigenvalue weighted by molar-refractivity contribution is 6.29. The molecule has 2 heterocycles. The van der Waals surface area contributed by atoms with Crippen LogP contribution in [0, 0.1) is 41.3 Å². The van der Waals surface area contributed by atoms with Gasteiger partial charge in [0.05, 0.1) is 50.1 Å². The van der Waals surface area contributed by atoms with Crippen molar-refractivity contribution in [1.82, 2.24) is 19.9 Å². The molecule has 6 aromatic rings. The molecule has 23 heteroatoms. The van der Waals surface area contributed by atoms with E-state index in [0.29, 0.717) is 42.5 Å². The maximum absolute atomic E-state index is 14.5. The lowest BCUT2D eigenvalue weighted by Gasteiger charge is -2.23. The number of nitrogens with zero attached hydrogens (tertiary/aromatic N) is 8. The molecule has 0 saturated carbocycles. The lowest BCUT2D eigenvalue weighted by atomic mass is 9.92. The summed E-state index contributed by atoms with van der Waals surface area (Å²) < 4.78 is 212. The summed E-state index contributed by atoms with van der Waals surface area (Å²) in [7, 11) is 0. The molecule has 1 aliphatic carbocycles. The molecule has 7 rings (SSSR count). The fourth-order valence-electron chi connectivity index (χ4n) is 6.39. The Bertz CT molecular complexity index is 3030. The second kappa shape index (κ2) is 15.6. The summed E-state index contributed by atoms with van der Waals surface area (Å²) in [5.74, 6) is -6.82. The molecule has 318 valence electrons. The Labute approximate surface area is 341 Å². The molecular formula is C40H13F15N8. The minimum Gasteiger partial charge on any atom is -0.241 e. The minimum atomic E-state index is -5.37. The van der Waals surface area contributed by atoms with E-state index >= 15 is 0 Å². The minimum absolute atomic E-state index is 0.198. The van der Waals surface area contributed by atoms with Gasteiger partial charge in [0.15, 0.2) is 0 Å². The molecule has 1 aliphatic rings. The molecule has 2 aromatic heterocycles. The fourth-order valence-corrected chi connectivity index (χ4v) is 6.39. The number of fused-ring (bicyclic) bond motifs is 2. The fraction of sp³-hybridized carbons (Fsp3) is 0.100. The Hall–Kier alpha value is -7.69. The molecule has 0 saturated heterocycles. The first-order valence-corrected chi connectivity index (χ1v) is 17.0. The van der Waals surface area contributed by atoms with Gasteiger partial charge in [-0.05, 0) is 72.8 Å². The van der Waals surface area contributed by atoms with Crippen LogP contribution in [0.15, 0.2) is 82.9 Å². The van der Waals surface area contributed by atoms with E-state index in [9.17, 15) is 71.1 Å². The molecule has 8 nitrogen and oxygen atoms in total. The van der Waals surface area contributed by atoms with Gasteiger partial charge in [-0.1, -0.05) is 0 Å². The molecule has 0 fully saturated rings. The molecule has 0 atom stereocenters. The SMILES string of the molecule is [C-]#[N+]/N=C1/c2nc(-c3ccc(F)c(C(F)(F)F)c3)c(-c3ccc(F)c(C(F)F)c3)nc2C(=NC#N)c2nc(-c3ccc(F)c(C(F)(F)F)c3)c(-c3ccc(F)c(C(F)(F)F)c3)nc21. The lowest BCUT2D eigenvalue weighted by Crippen LogP contribution is -2.29. The zero-order valence-corrected chi connectivity index (χ0v) is 30.3. The molecule has 0 N–H and O–H groups in total. The number of halogens is 15. The number of benzene rings is 4. The Balaban J connectivity index is 1.62. The van der Waals surface area contributed by atoms with Gasteiger partial charge in [-0.15, -0.1) is 4.95 Å². The van der Waals surface area contributed by atoms with Crippen LogP contribution < -0.4 is 0 Å². The average Bonchev–Trinajstić information content (AvgIpc) is 3.20. The van der Waals surface area contributed by atoms with Crippen molar-refractivity contribution in [2.45, 2.75) is 25.0 Å². The monoisotopic (exact) mass is 890 g/mol. The first-order valence-electron chi connectivity index (χ1n) is 17.0. The van der Waals surface area contributed by atoms with Gasteiger partial charge < -0.3 is 0 Å². The first kappa shape index (κ1) is 43.4. The zero-order valence-electron chi connectivity index (χ0n) is 30.3. The predicted octanol–water partition coefficient (Wildman–Crippen LogP) is 11.8. The molecule has 0 spiro atoms. The molecule has 0 amide bonds. The van der Waals surface area contributed by atoms with Crippen molar-refractivity contribution in [1.29, 1.82) is 5.26 Å². The normalized spacial score (nSPS) is 14.1. The van der Waals surface area contributed by atoms with Gasteiger partial charge in [-0.25, -0.2) is 46.3 Å². The third-order valence-corrected chi connectivity index (χ3v) is 9.14. The van der Waals surface area contributed by atoms with E-state index in [1.54, 1.807) is 0 Å². The first-order chi connectivity index (χ1) is 29.5. The van der Waals surface area contributed by atoms with Gasteiger partial charge >= 0.3 is 18.5 Å². The van der Waals surface area contributed by atoms with Gasteiger partial charge in [-0.2, -0.15) is 56.3 Å². The van der Waals surface area contributed by atoms with Gasteiger partial charge in [0.1, 0.15) is 51.8 Å². The second-order valence-electron chi connectivity index (χ2n) is 13.0. The highest BCUT2D eigenvalue weighted by atomic mass is 19.4. The van der Waals surface area contributed by atoms with E-state index in [0.717, 1.165) is 12.1 Å². The summed E-state index contributed by atoms with van der Waals surface area (Å²) in [4.78, 5) is 23.7. The van der Waals surface area contributed by atoms with Gasteiger partial charge in [-0.3, -0.25) is 0 Å². The number of aliphatic imine (C=N–C) groups is 1. The number of hydrogen-bond acceptors (Lipinski definition) is 7. The van der Waals surface area contributed by atoms with Crippen LogP contribution in [0.25, 0.3) is 50.0 Å². The molecule has 0 radical (unpaired) electrons. The maximum atomic E-state index is 14.5. The number of aromatic nitrogens is 4. The topological polar surface area (TPSA) is 104 Å². The van der Waals surface area contributed by atoms with Crippen LogP contribution in [-0.2, 0) is 18.5 Å². The summed E-state index contributed by atoms with van der Waals surface area (Å²) in [6.45, 7) is 7.55. The van der Waals surface area contributed by atoms with Gasteiger partial charge in [0, 0.05) is 22.3 Å². The number of hydrogen-bond donors (Lipinski definition) is 0. The summed E-state index contributed by atoms with van der Waals surface area (Å²) in [6.07, 6.45) is -18.2. The van der Waals surface area contributed by atoms with E-state index in [1.165, 1.54) is 6.19 Å². The van der Waals surface area contributed by atoms with E-state index < -0.39 is 150 Å². The average molecular weight is 891 g/mol. The Morgan fingerprint density at radius 2 is 0.810 bits per heavy atom. The second-order valence-corrected chi connectivity index (χ2v) is 13.0. The van der Waals surface area contributed by atoms with Crippen LogP contribution in [0.5, 0.6) is 0 Å². The van der Waals surface area contributed by atoms with Crippen LogP contribution in [-0.4, -0.2) is 31.4 Å². The molecule has 0 bridgehead atoms. The van der Waals surface area contributed by atoms with Crippen LogP contribution in [0.1, 0.15) is 51.5 Å². The highest BCUT2D eigenvalue weighted by Gasteiger charge is 2.41. The lowest BCUT2D eigenvalue weighted by molar-refractivity contribution is -0.140. The van der Waals surface area contributed by atoms with E-state index in [-0.39, 0.29) is 18.2 Å². The van der Waals surface area contributed by atoms with Crippen LogP contribution in [0.4, 0.5) is 65.9 Å². The highest BCUT2D eigenvalue weighted by Crippen LogP contribution is 2.43. The quantitative estimate of drug-likeness (QED) is 0.0741. The summed E-state index contributed by atoms with van der Waals surface area (Å²) in [5.41, 5.74) is -16.8. The number of rotatable bonds is 5. The van der Waals surface area contributed by atoms with Gasteiger partial charge in [0.25, 0.3) is 6.43 Å². The van der Waals surface area contributed by atoms with Crippen molar-refractivity contribution in [3.05, 3.63) is 153 Å². The van der Waals surface area contributed by atoms with Crippen LogP contribution in [0.3, 0.4) is 0 Å². The molecule has 0 aliphatic heterocycles. The Kier molecular flexibility index (Phi) is 10.8. The summed E-state index contributed by atoms with van der Waals surface area (Å²) in [6, 6.07) is 5.75. The Morgan fingerprint density at radius 3 is 1.11 bits per heavy atom. The van der Waals surface area contributed by atoms with Crippen molar-refractivity contribution in [3.8, 4) is 51.2 Å². The largest absolute Gasteiger partial charge is 0.419 e. The van der Waals surface area contributed by atoms with Crippen LogP contribution in [0.2, 0.25) is 0 Å². The third kappa shape index (κ3) is 8.00. The Morgan fingerprint density at radius 1 is 0.492 bits per heavy atom. The van der Waals surface area contributed by atoms with Crippen molar-refractivity contribution in [2.24, 2.45) is 10.1 Å². The van der Waals surface area contributed by atoms with Crippen molar-refractivity contribution in [2.75, 3.05) is 0 Å². The molecule has 0 unspecified atom stereocenters. The van der Waals surface area contributed by atoms with Gasteiger partial charge in [0.2, 0.25) is 11.9 Å². The van der Waals surface area contributed by atoms with E-state index in [4.69, 9.17) is 6.57 Å². The molecular weight excluding hydrogens is 877 g/mol. The van der Waals surface area contributed by atoms with Crippen molar-refractivity contribution >= 4 is 11.4 Å². The molecule has 63 heavy (non-hydrogen) atoms. The standard InChI is InChI=1S/C40H13F15N8/c1-57-63-36-34-32(59-27(15-2-6-23(41)19(10-15)37(45)46)28(61-34)16-3-7-24(42)20(11-16)38(47,48)49)31(58-14-56)33-35(36)62-30(18-5-9-26(44)22(13-18)40(53,54)55)29(60-33)17-4-8-25(43)21(12-17)39(50,51)52/h2-13,37H/b58-31?,63-36-. The maximum Gasteiger partial charge on any atom is 0.419 e. The smallest absolute Gasteiger partial charge is 0.241 e. The zero-order chi connectivity index (χ0) is 45.9. The summed E-state index contributed by atoms with van der Waals surface area (Å²) >= 11 is 0. The third-order valence-electron chi connectivity index (χ3n) is 9.14. The van der Waals surface area contributed by atoms with Crippen LogP contribution >= 0.6 is 0 Å². The number of nitriles is 1. The number of alkyl halides is 11. The van der Waals surface area contributed by atoms with Crippen molar-refractivity contribution < 1.29 is 65.9 Å². The van der Waals surface area contributed by atoms with E-state index in [2.05, 4.69) is 35.0 Å². The van der Waals surface area contributed by atoms with E-state index in [1.807, 2.05) is 0 Å². The molecule has 4 aromatic carbocycles. The summed E-state index contributed by atoms with van der Waals surface area (Å²) in [5, 5.41) is 13.5. The predicted molar refractivity (Wildman–Crippen MR) is 189 cm³/mol.